The first-order valence-corrected chi connectivity index (χ1v) is 9.18. The van der Waals surface area contributed by atoms with Gasteiger partial charge in [0.15, 0.2) is 11.5 Å². The lowest BCUT2D eigenvalue weighted by Gasteiger charge is -2.38. The summed E-state index contributed by atoms with van der Waals surface area (Å²) in [5, 5.41) is 18.4. The van der Waals surface area contributed by atoms with Crippen LogP contribution in [0.25, 0.3) is 0 Å². The highest BCUT2D eigenvalue weighted by Gasteiger charge is 2.31. The van der Waals surface area contributed by atoms with Gasteiger partial charge >= 0.3 is 5.97 Å². The molecule has 2 aromatic rings. The first-order chi connectivity index (χ1) is 13.8. The van der Waals surface area contributed by atoms with Crippen molar-refractivity contribution in [3.05, 3.63) is 53.6 Å². The maximum Gasteiger partial charge on any atom is 0.335 e. The molecular formula is C22H31NO6. The average molecular weight is 405 g/mol. The monoisotopic (exact) mass is 405 g/mol. The van der Waals surface area contributed by atoms with Crippen LogP contribution in [-0.4, -0.2) is 63.1 Å². The van der Waals surface area contributed by atoms with E-state index in [9.17, 15) is 9.90 Å². The minimum atomic E-state index is -1.05. The predicted octanol–water partition coefficient (Wildman–Crippen LogP) is 3.26. The van der Waals surface area contributed by atoms with Crippen molar-refractivity contribution in [2.45, 2.75) is 18.9 Å². The summed E-state index contributed by atoms with van der Waals surface area (Å²) >= 11 is 0. The Morgan fingerprint density at radius 2 is 1.52 bits per heavy atom. The first-order valence-electron chi connectivity index (χ1n) is 9.18. The van der Waals surface area contributed by atoms with Crippen molar-refractivity contribution in [1.82, 2.24) is 4.90 Å². The lowest BCUT2D eigenvalue weighted by atomic mass is 9.87. The summed E-state index contributed by atoms with van der Waals surface area (Å²) in [5.74, 6) is -0.0113. The van der Waals surface area contributed by atoms with Gasteiger partial charge in [0, 0.05) is 0 Å². The van der Waals surface area contributed by atoms with Gasteiger partial charge in [-0.25, -0.2) is 4.79 Å². The van der Waals surface area contributed by atoms with Crippen LogP contribution in [0.5, 0.6) is 17.2 Å². The minimum absolute atomic E-state index is 0.0875. The van der Waals surface area contributed by atoms with Crippen molar-refractivity contribution < 1.29 is 29.2 Å². The first kappa shape index (κ1) is 24.3. The molecule has 0 radical (unpaired) electrons. The fraction of sp³-hybridized carbons (Fsp3) is 0.409. The second-order valence-electron chi connectivity index (χ2n) is 6.52. The summed E-state index contributed by atoms with van der Waals surface area (Å²) in [7, 11) is 8.34. The van der Waals surface area contributed by atoms with Gasteiger partial charge in [0.25, 0.3) is 0 Å². The zero-order chi connectivity index (χ0) is 22.0. The van der Waals surface area contributed by atoms with E-state index >= 15 is 0 Å². The van der Waals surface area contributed by atoms with E-state index in [1.807, 2.05) is 32.3 Å². The van der Waals surface area contributed by atoms with Crippen molar-refractivity contribution in [2.75, 3.05) is 42.0 Å². The van der Waals surface area contributed by atoms with E-state index in [4.69, 9.17) is 19.3 Å². The van der Waals surface area contributed by atoms with Crippen LogP contribution < -0.4 is 14.2 Å². The van der Waals surface area contributed by atoms with Crippen molar-refractivity contribution in [1.29, 1.82) is 0 Å². The fourth-order valence-corrected chi connectivity index (χ4v) is 3.08. The van der Waals surface area contributed by atoms with Gasteiger partial charge in [-0.05, 0) is 38.2 Å². The molecule has 1 unspecified atom stereocenters. The topological polar surface area (TPSA) is 88.5 Å². The second kappa shape index (κ2) is 11.3. The number of hydrogen-bond acceptors (Lipinski definition) is 6. The average Bonchev–Trinajstić information content (AvgIpc) is 2.74. The second-order valence-corrected chi connectivity index (χ2v) is 6.52. The lowest BCUT2D eigenvalue weighted by molar-refractivity contribution is 0.0623. The molecule has 160 valence electrons. The third-order valence-electron chi connectivity index (χ3n) is 4.93. The maximum absolute atomic E-state index is 10.8. The Kier molecular flexibility index (Phi) is 9.44. The van der Waals surface area contributed by atoms with Crippen LogP contribution in [0.1, 0.15) is 29.3 Å². The van der Waals surface area contributed by atoms with E-state index < -0.39 is 5.97 Å². The number of nitrogens with zero attached hydrogens (tertiary/aromatic N) is 1. The number of carboxylic acids is 1. The summed E-state index contributed by atoms with van der Waals surface area (Å²) < 4.78 is 15.1. The van der Waals surface area contributed by atoms with Crippen LogP contribution in [0.15, 0.2) is 42.5 Å². The van der Waals surface area contributed by atoms with Crippen LogP contribution in [0.4, 0.5) is 0 Å². The SMILES string of the molecule is CCC(CO)(c1ccccc1)N(C)C.COc1cc(C(=O)O)cc(OC)c1OC. The van der Waals surface area contributed by atoms with E-state index in [0.717, 1.165) is 6.42 Å². The van der Waals surface area contributed by atoms with Crippen molar-refractivity contribution >= 4 is 5.97 Å². The molecule has 2 N–H and O–H groups in total. The van der Waals surface area contributed by atoms with E-state index in [0.29, 0.717) is 17.2 Å². The molecule has 0 heterocycles. The van der Waals surface area contributed by atoms with E-state index in [1.165, 1.54) is 39.0 Å². The number of aromatic carboxylic acids is 1. The van der Waals surface area contributed by atoms with E-state index in [2.05, 4.69) is 24.0 Å². The summed E-state index contributed by atoms with van der Waals surface area (Å²) in [6, 6.07) is 12.9. The van der Waals surface area contributed by atoms with Crippen LogP contribution in [0, 0.1) is 0 Å². The molecule has 0 aliphatic heterocycles. The van der Waals surface area contributed by atoms with Crippen LogP contribution in [0.2, 0.25) is 0 Å². The van der Waals surface area contributed by atoms with Crippen molar-refractivity contribution in [3.63, 3.8) is 0 Å². The normalized spacial score (nSPS) is 12.4. The molecule has 7 nitrogen and oxygen atoms in total. The number of hydrogen-bond donors (Lipinski definition) is 2. The Morgan fingerprint density at radius 3 is 1.83 bits per heavy atom. The largest absolute Gasteiger partial charge is 0.493 e. The van der Waals surface area contributed by atoms with Gasteiger partial charge in [0.05, 0.1) is 39.0 Å². The van der Waals surface area contributed by atoms with Crippen LogP contribution in [0.3, 0.4) is 0 Å². The van der Waals surface area contributed by atoms with Gasteiger partial charge in [-0.2, -0.15) is 0 Å². The van der Waals surface area contributed by atoms with Crippen molar-refractivity contribution in [3.8, 4) is 17.2 Å². The van der Waals surface area contributed by atoms with Crippen molar-refractivity contribution in [2.24, 2.45) is 0 Å². The molecule has 0 spiro atoms. The smallest absolute Gasteiger partial charge is 0.335 e. The molecule has 1 atom stereocenters. The molecule has 0 fully saturated rings. The molecule has 7 heteroatoms. The molecule has 0 saturated carbocycles. The van der Waals surface area contributed by atoms with Gasteiger partial charge in [-0.3, -0.25) is 4.90 Å². The number of benzene rings is 2. The highest BCUT2D eigenvalue weighted by Crippen LogP contribution is 2.38. The number of aliphatic hydroxyl groups is 1. The summed E-state index contributed by atoms with van der Waals surface area (Å²) in [5.41, 5.74) is 1.03. The maximum atomic E-state index is 10.8. The molecule has 0 bridgehead atoms. The number of carbonyl (C=O) groups is 1. The number of likely N-dealkylation sites (N-methyl/N-ethyl adjacent to an activating group) is 1. The summed E-state index contributed by atoms with van der Waals surface area (Å²) in [4.78, 5) is 12.9. The summed E-state index contributed by atoms with van der Waals surface area (Å²) in [6.45, 7) is 2.25. The predicted molar refractivity (Wildman–Crippen MR) is 112 cm³/mol. The highest BCUT2D eigenvalue weighted by atomic mass is 16.5. The third kappa shape index (κ3) is 5.62. The Labute approximate surface area is 172 Å². The minimum Gasteiger partial charge on any atom is -0.493 e. The molecular weight excluding hydrogens is 374 g/mol. The van der Waals surface area contributed by atoms with Gasteiger partial charge in [0.2, 0.25) is 5.75 Å². The summed E-state index contributed by atoms with van der Waals surface area (Å²) in [6.07, 6.45) is 0.903. The number of aliphatic hydroxyl groups excluding tert-OH is 1. The van der Waals surface area contributed by atoms with Gasteiger partial charge in [0.1, 0.15) is 0 Å². The Balaban J connectivity index is 0.000000291. The number of carboxylic acid groups (broad SMARTS) is 1. The molecule has 0 saturated heterocycles. The number of rotatable bonds is 8. The highest BCUT2D eigenvalue weighted by molar-refractivity contribution is 5.89. The Hall–Kier alpha value is -2.77. The van der Waals surface area contributed by atoms with Gasteiger partial charge < -0.3 is 24.4 Å². The standard InChI is InChI=1S/C12H19NO.C10H12O5/c1-4-12(10-14,13(2)3)11-8-6-5-7-9-11;1-13-7-4-6(10(11)12)5-8(14-2)9(7)15-3/h5-9,14H,4,10H2,1-3H3;4-5H,1-3H3,(H,11,12). The number of methoxy groups -OCH3 is 3. The van der Waals surface area contributed by atoms with Crippen LogP contribution >= 0.6 is 0 Å². The molecule has 2 aromatic carbocycles. The van der Waals surface area contributed by atoms with Crippen LogP contribution in [-0.2, 0) is 5.54 Å². The molecule has 0 amide bonds. The molecule has 2 rings (SSSR count). The number of ether oxygens (including phenoxy) is 3. The fourth-order valence-electron chi connectivity index (χ4n) is 3.08. The van der Waals surface area contributed by atoms with Gasteiger partial charge in [-0.15, -0.1) is 0 Å². The zero-order valence-corrected chi connectivity index (χ0v) is 17.9. The molecule has 29 heavy (non-hydrogen) atoms. The molecule has 0 aromatic heterocycles. The Bertz CT molecular complexity index is 747. The molecule has 0 aliphatic carbocycles. The molecule has 0 aliphatic rings. The quantitative estimate of drug-likeness (QED) is 0.697. The third-order valence-corrected chi connectivity index (χ3v) is 4.93. The Morgan fingerprint density at radius 1 is 1.00 bits per heavy atom. The van der Waals surface area contributed by atoms with Gasteiger partial charge in [-0.1, -0.05) is 37.3 Å². The van der Waals surface area contributed by atoms with E-state index in [-0.39, 0.29) is 17.7 Å². The zero-order valence-electron chi connectivity index (χ0n) is 17.9. The lowest BCUT2D eigenvalue weighted by Crippen LogP contribution is -2.44. The van der Waals surface area contributed by atoms with E-state index in [1.54, 1.807) is 0 Å².